The van der Waals surface area contributed by atoms with E-state index in [1.807, 2.05) is 42.3 Å². The zero-order chi connectivity index (χ0) is 19.2. The lowest BCUT2D eigenvalue weighted by atomic mass is 10.2. The molecule has 0 radical (unpaired) electrons. The number of para-hydroxylation sites is 1. The lowest BCUT2D eigenvalue weighted by Crippen LogP contribution is -2.28. The van der Waals surface area contributed by atoms with Crippen molar-refractivity contribution in [2.45, 2.75) is 11.3 Å². The second-order valence-electron chi connectivity index (χ2n) is 5.65. The number of rotatable bonds is 8. The van der Waals surface area contributed by atoms with E-state index in [2.05, 4.69) is 9.46 Å². The van der Waals surface area contributed by atoms with Crippen molar-refractivity contribution >= 4 is 33.3 Å². The summed E-state index contributed by atoms with van der Waals surface area (Å²) in [7, 11) is -0.652. The predicted molar refractivity (Wildman–Crippen MR) is 102 cm³/mol. The van der Waals surface area contributed by atoms with E-state index in [9.17, 15) is 13.2 Å². The van der Waals surface area contributed by atoms with Gasteiger partial charge in [0.15, 0.2) is 0 Å². The number of ether oxygens (including phenoxy) is 1. The highest BCUT2D eigenvalue weighted by atomic mass is 35.5. The zero-order valence-corrected chi connectivity index (χ0v) is 16.2. The van der Waals surface area contributed by atoms with Crippen LogP contribution in [0.5, 0.6) is 0 Å². The minimum atomic E-state index is -3.83. The summed E-state index contributed by atoms with van der Waals surface area (Å²) in [5.74, 6) is -0.623. The third kappa shape index (κ3) is 5.20. The minimum absolute atomic E-state index is 0.0477. The zero-order valence-electron chi connectivity index (χ0n) is 14.6. The van der Waals surface area contributed by atoms with Crippen LogP contribution in [0, 0.1) is 0 Å². The molecule has 0 aliphatic carbocycles. The smallest absolute Gasteiger partial charge is 0.337 e. The molecule has 2 rings (SSSR count). The van der Waals surface area contributed by atoms with E-state index in [1.165, 1.54) is 25.3 Å². The number of methoxy groups -OCH3 is 1. The third-order valence-corrected chi connectivity index (χ3v) is 5.74. The van der Waals surface area contributed by atoms with Gasteiger partial charge in [-0.15, -0.1) is 0 Å². The summed E-state index contributed by atoms with van der Waals surface area (Å²) in [6, 6.07) is 13.8. The van der Waals surface area contributed by atoms with Crippen LogP contribution in [0.4, 0.5) is 5.69 Å². The Morgan fingerprint density at radius 2 is 1.88 bits per heavy atom. The molecule has 0 heterocycles. The Kier molecular flexibility index (Phi) is 7.02. The van der Waals surface area contributed by atoms with Gasteiger partial charge in [0.25, 0.3) is 0 Å². The molecule has 1 N–H and O–H groups in total. The molecule has 140 valence electrons. The summed E-state index contributed by atoms with van der Waals surface area (Å²) < 4.78 is 32.1. The molecule has 8 heteroatoms. The number of anilines is 1. The first kappa shape index (κ1) is 20.2. The molecular weight excluding hydrogens is 376 g/mol. The van der Waals surface area contributed by atoms with Gasteiger partial charge in [-0.2, -0.15) is 0 Å². The van der Waals surface area contributed by atoms with E-state index >= 15 is 0 Å². The van der Waals surface area contributed by atoms with Crippen molar-refractivity contribution in [3.8, 4) is 0 Å². The summed E-state index contributed by atoms with van der Waals surface area (Å²) in [5, 5.41) is 0.0477. The van der Waals surface area contributed by atoms with Crippen molar-refractivity contribution in [3.05, 3.63) is 59.1 Å². The van der Waals surface area contributed by atoms with Crippen LogP contribution < -0.4 is 9.62 Å². The lowest BCUT2D eigenvalue weighted by molar-refractivity contribution is 0.0600. The molecule has 0 bridgehead atoms. The number of hydrogen-bond donors (Lipinski definition) is 1. The quantitative estimate of drug-likeness (QED) is 0.548. The number of nitrogens with one attached hydrogen (secondary N) is 1. The Balaban J connectivity index is 1.97. The number of nitrogens with zero attached hydrogens (tertiary/aromatic N) is 1. The maximum atomic E-state index is 12.5. The summed E-state index contributed by atoms with van der Waals surface area (Å²) in [4.78, 5) is 13.5. The van der Waals surface area contributed by atoms with E-state index < -0.39 is 16.0 Å². The van der Waals surface area contributed by atoms with E-state index in [1.54, 1.807) is 0 Å². The first-order chi connectivity index (χ1) is 12.3. The van der Waals surface area contributed by atoms with Crippen molar-refractivity contribution < 1.29 is 17.9 Å². The number of benzene rings is 2. The summed E-state index contributed by atoms with van der Waals surface area (Å²) >= 11 is 5.99. The Labute approximate surface area is 158 Å². The molecule has 0 unspecified atom stereocenters. The lowest BCUT2D eigenvalue weighted by Gasteiger charge is -2.19. The third-order valence-electron chi connectivity index (χ3n) is 3.80. The van der Waals surface area contributed by atoms with Crippen molar-refractivity contribution in [1.82, 2.24) is 4.72 Å². The Bertz CT molecular complexity index is 857. The van der Waals surface area contributed by atoms with Crippen LogP contribution in [0.25, 0.3) is 0 Å². The molecule has 0 fully saturated rings. The van der Waals surface area contributed by atoms with Crippen LogP contribution in [-0.4, -0.2) is 41.6 Å². The van der Waals surface area contributed by atoms with Crippen LogP contribution in [-0.2, 0) is 14.8 Å². The van der Waals surface area contributed by atoms with Gasteiger partial charge in [-0.25, -0.2) is 17.9 Å². The summed E-state index contributed by atoms with van der Waals surface area (Å²) in [6.07, 6.45) is 0.610. The second kappa shape index (κ2) is 9.02. The van der Waals surface area contributed by atoms with Gasteiger partial charge < -0.3 is 9.64 Å². The number of sulfonamides is 1. The SMILES string of the molecule is COC(=O)c1ccc(Cl)c(S(=O)(=O)NCCCN(C)c2ccccc2)c1. The molecule has 2 aromatic rings. The van der Waals surface area contributed by atoms with Gasteiger partial charge in [0.2, 0.25) is 10.0 Å². The maximum Gasteiger partial charge on any atom is 0.337 e. The van der Waals surface area contributed by atoms with Crippen LogP contribution >= 0.6 is 11.6 Å². The molecule has 2 aromatic carbocycles. The second-order valence-corrected chi connectivity index (χ2v) is 7.79. The fraction of sp³-hybridized carbons (Fsp3) is 0.278. The maximum absolute atomic E-state index is 12.5. The largest absolute Gasteiger partial charge is 0.465 e. The van der Waals surface area contributed by atoms with Crippen LogP contribution in [0.2, 0.25) is 5.02 Å². The van der Waals surface area contributed by atoms with E-state index in [-0.39, 0.29) is 22.0 Å². The highest BCUT2D eigenvalue weighted by Gasteiger charge is 2.20. The first-order valence-electron chi connectivity index (χ1n) is 7.99. The number of esters is 1. The molecule has 0 aliphatic heterocycles. The average molecular weight is 397 g/mol. The highest BCUT2D eigenvalue weighted by Crippen LogP contribution is 2.23. The number of carbonyl (C=O) groups is 1. The van der Waals surface area contributed by atoms with Crippen LogP contribution in [0.1, 0.15) is 16.8 Å². The van der Waals surface area contributed by atoms with Crippen molar-refractivity contribution in [3.63, 3.8) is 0 Å². The Hall–Kier alpha value is -2.09. The predicted octanol–water partition coefficient (Wildman–Crippen LogP) is 2.93. The van der Waals surface area contributed by atoms with Crippen molar-refractivity contribution in [1.29, 1.82) is 0 Å². The summed E-state index contributed by atoms with van der Waals surface area (Å²) in [6.45, 7) is 0.931. The molecule has 6 nitrogen and oxygen atoms in total. The molecule has 0 saturated heterocycles. The molecule has 0 aliphatic rings. The molecule has 0 amide bonds. The van der Waals surface area contributed by atoms with Crippen LogP contribution in [0.15, 0.2) is 53.4 Å². The molecule has 0 aromatic heterocycles. The molecule has 0 saturated carbocycles. The Morgan fingerprint density at radius 1 is 1.19 bits per heavy atom. The fourth-order valence-electron chi connectivity index (χ4n) is 2.37. The van der Waals surface area contributed by atoms with Gasteiger partial charge in [-0.05, 0) is 36.8 Å². The summed E-state index contributed by atoms with van der Waals surface area (Å²) in [5.41, 5.74) is 1.19. The van der Waals surface area contributed by atoms with Crippen LogP contribution in [0.3, 0.4) is 0 Å². The van der Waals surface area contributed by atoms with Crippen molar-refractivity contribution in [2.75, 3.05) is 32.1 Å². The van der Waals surface area contributed by atoms with Gasteiger partial charge in [0, 0.05) is 25.8 Å². The van der Waals surface area contributed by atoms with E-state index in [0.717, 1.165) is 5.69 Å². The molecule has 0 spiro atoms. The van der Waals surface area contributed by atoms with Gasteiger partial charge >= 0.3 is 5.97 Å². The minimum Gasteiger partial charge on any atom is -0.465 e. The van der Waals surface area contributed by atoms with Gasteiger partial charge in [-0.1, -0.05) is 29.8 Å². The molecular formula is C18H21ClN2O4S. The number of carbonyl (C=O) groups excluding carboxylic acids is 1. The topological polar surface area (TPSA) is 75.7 Å². The molecule has 26 heavy (non-hydrogen) atoms. The fourth-order valence-corrected chi connectivity index (χ4v) is 3.96. The van der Waals surface area contributed by atoms with Crippen molar-refractivity contribution in [2.24, 2.45) is 0 Å². The number of halogens is 1. The average Bonchev–Trinajstić information content (AvgIpc) is 2.65. The first-order valence-corrected chi connectivity index (χ1v) is 9.85. The normalized spacial score (nSPS) is 11.2. The highest BCUT2D eigenvalue weighted by molar-refractivity contribution is 7.89. The standard InChI is InChI=1S/C18H21ClN2O4S/c1-21(15-7-4-3-5-8-15)12-6-11-20-26(23,24)17-13-14(18(22)25-2)9-10-16(17)19/h3-5,7-10,13,20H,6,11-12H2,1-2H3. The molecule has 0 atom stereocenters. The van der Waals surface area contributed by atoms with Gasteiger partial charge in [0.05, 0.1) is 17.7 Å². The Morgan fingerprint density at radius 3 is 2.54 bits per heavy atom. The monoisotopic (exact) mass is 396 g/mol. The van der Waals surface area contributed by atoms with Gasteiger partial charge in [-0.3, -0.25) is 0 Å². The number of hydrogen-bond acceptors (Lipinski definition) is 5. The van der Waals surface area contributed by atoms with E-state index in [0.29, 0.717) is 13.0 Å². The van der Waals surface area contributed by atoms with Gasteiger partial charge in [0.1, 0.15) is 4.90 Å². The van der Waals surface area contributed by atoms with E-state index in [4.69, 9.17) is 11.6 Å².